The van der Waals surface area contributed by atoms with Crippen molar-refractivity contribution < 1.29 is 4.39 Å². The Balaban J connectivity index is 0.00000231. The van der Waals surface area contributed by atoms with E-state index in [1.165, 1.54) is 0 Å². The molecule has 0 bridgehead atoms. The molecular formula is C22H25ClFN7. The molecular weight excluding hydrogens is 417 g/mol. The number of hydrogen-bond acceptors (Lipinski definition) is 6. The quantitative estimate of drug-likeness (QED) is 0.496. The van der Waals surface area contributed by atoms with E-state index in [2.05, 4.69) is 44.3 Å². The van der Waals surface area contributed by atoms with Gasteiger partial charge in [-0.15, -0.1) is 12.4 Å². The van der Waals surface area contributed by atoms with Gasteiger partial charge in [0.05, 0.1) is 5.69 Å². The lowest BCUT2D eigenvalue weighted by molar-refractivity contribution is 0.585. The molecule has 1 aliphatic rings. The lowest BCUT2D eigenvalue weighted by atomic mass is 10.1. The van der Waals surface area contributed by atoms with Crippen molar-refractivity contribution in [2.45, 2.75) is 19.8 Å². The zero-order chi connectivity index (χ0) is 20.7. The summed E-state index contributed by atoms with van der Waals surface area (Å²) in [6, 6.07) is 9.16. The number of fused-ring (bicyclic) bond motifs is 3. The molecule has 0 radical (unpaired) electrons. The van der Waals surface area contributed by atoms with Gasteiger partial charge in [0, 0.05) is 55.3 Å². The smallest absolute Gasteiger partial charge is 0.229 e. The van der Waals surface area contributed by atoms with Crippen molar-refractivity contribution in [3.63, 3.8) is 0 Å². The Kier molecular flexibility index (Phi) is 5.93. The van der Waals surface area contributed by atoms with Gasteiger partial charge in [0.25, 0.3) is 0 Å². The average Bonchev–Trinajstić information content (AvgIpc) is 3.21. The van der Waals surface area contributed by atoms with Crippen LogP contribution in [0.4, 0.5) is 21.7 Å². The van der Waals surface area contributed by atoms with Crippen LogP contribution in [-0.4, -0.2) is 45.5 Å². The summed E-state index contributed by atoms with van der Waals surface area (Å²) in [5.41, 5.74) is 3.91. The van der Waals surface area contributed by atoms with Crippen LogP contribution >= 0.6 is 12.4 Å². The zero-order valence-corrected chi connectivity index (χ0v) is 18.3. The van der Waals surface area contributed by atoms with Crippen LogP contribution in [0.1, 0.15) is 25.5 Å². The minimum Gasteiger partial charge on any atom is -0.369 e. The molecule has 0 spiro atoms. The van der Waals surface area contributed by atoms with Crippen molar-refractivity contribution in [2.24, 2.45) is 0 Å². The van der Waals surface area contributed by atoms with Gasteiger partial charge in [-0.25, -0.2) is 14.4 Å². The van der Waals surface area contributed by atoms with E-state index in [1.54, 1.807) is 18.3 Å². The summed E-state index contributed by atoms with van der Waals surface area (Å²) in [5.74, 6) is 0.331. The van der Waals surface area contributed by atoms with Gasteiger partial charge >= 0.3 is 0 Å². The number of piperazine rings is 1. The molecule has 5 rings (SSSR count). The second-order valence-electron chi connectivity index (χ2n) is 7.86. The van der Waals surface area contributed by atoms with Gasteiger partial charge in [0.2, 0.25) is 5.95 Å². The van der Waals surface area contributed by atoms with Gasteiger partial charge in [0.1, 0.15) is 11.5 Å². The molecule has 1 fully saturated rings. The van der Waals surface area contributed by atoms with Crippen LogP contribution < -0.4 is 15.5 Å². The molecule has 162 valence electrons. The number of imidazole rings is 1. The van der Waals surface area contributed by atoms with Crippen LogP contribution in [0.15, 0.2) is 42.7 Å². The Labute approximate surface area is 186 Å². The molecule has 31 heavy (non-hydrogen) atoms. The molecule has 1 aliphatic heterocycles. The molecule has 4 aromatic rings. The summed E-state index contributed by atoms with van der Waals surface area (Å²) in [6.07, 6.45) is 3.63. The van der Waals surface area contributed by atoms with E-state index in [0.717, 1.165) is 54.2 Å². The monoisotopic (exact) mass is 441 g/mol. The van der Waals surface area contributed by atoms with Crippen LogP contribution in [0.3, 0.4) is 0 Å². The van der Waals surface area contributed by atoms with Gasteiger partial charge in [0.15, 0.2) is 5.65 Å². The van der Waals surface area contributed by atoms with Crippen LogP contribution in [-0.2, 0) is 0 Å². The molecule has 0 saturated carbocycles. The van der Waals surface area contributed by atoms with Crippen molar-refractivity contribution in [3.05, 3.63) is 54.2 Å². The fourth-order valence-electron chi connectivity index (χ4n) is 3.88. The number of nitrogens with zero attached hydrogens (tertiary/aromatic N) is 5. The maximum absolute atomic E-state index is 14.8. The maximum Gasteiger partial charge on any atom is 0.229 e. The predicted molar refractivity (Wildman–Crippen MR) is 124 cm³/mol. The second-order valence-corrected chi connectivity index (χ2v) is 7.86. The van der Waals surface area contributed by atoms with Gasteiger partial charge in [-0.3, -0.25) is 4.40 Å². The summed E-state index contributed by atoms with van der Waals surface area (Å²) in [7, 11) is 0. The largest absolute Gasteiger partial charge is 0.369 e. The first-order valence-corrected chi connectivity index (χ1v) is 10.3. The van der Waals surface area contributed by atoms with E-state index < -0.39 is 0 Å². The summed E-state index contributed by atoms with van der Waals surface area (Å²) in [4.78, 5) is 15.7. The number of rotatable bonds is 4. The molecule has 7 nitrogen and oxygen atoms in total. The van der Waals surface area contributed by atoms with Gasteiger partial charge in [-0.2, -0.15) is 4.98 Å². The second kappa shape index (κ2) is 8.64. The first-order valence-electron chi connectivity index (χ1n) is 10.3. The van der Waals surface area contributed by atoms with Gasteiger partial charge < -0.3 is 15.5 Å². The molecule has 0 aliphatic carbocycles. The van der Waals surface area contributed by atoms with Gasteiger partial charge in [-0.05, 0) is 36.2 Å². The molecule has 0 atom stereocenters. The van der Waals surface area contributed by atoms with Crippen LogP contribution in [0, 0.1) is 5.82 Å². The standard InChI is InChI=1S/C22H24FN7.ClH/c1-14(2)19-13-25-20-6-3-15-12-26-22(28-21(15)30(19)20)27-18-5-4-16(11-17(18)23)29-9-7-24-8-10-29;/h3-6,11-14,24H,7-10H2,1-2H3,(H,26,27,28);1H. The number of anilines is 3. The highest BCUT2D eigenvalue weighted by Gasteiger charge is 2.15. The summed E-state index contributed by atoms with van der Waals surface area (Å²) in [6.45, 7) is 7.81. The molecule has 0 unspecified atom stereocenters. The van der Waals surface area contributed by atoms with E-state index in [0.29, 0.717) is 17.6 Å². The molecule has 2 N–H and O–H groups in total. The predicted octanol–water partition coefficient (Wildman–Crippen LogP) is 4.12. The first kappa shape index (κ1) is 21.3. The number of pyridine rings is 1. The van der Waals surface area contributed by atoms with Crippen LogP contribution in [0.25, 0.3) is 16.7 Å². The number of halogens is 2. The topological polar surface area (TPSA) is 70.4 Å². The summed E-state index contributed by atoms with van der Waals surface area (Å²) in [5, 5.41) is 7.25. The number of hydrogen-bond donors (Lipinski definition) is 2. The summed E-state index contributed by atoms with van der Waals surface area (Å²) < 4.78 is 16.8. The third-order valence-corrected chi connectivity index (χ3v) is 5.51. The third kappa shape index (κ3) is 4.00. The molecule has 4 heterocycles. The van der Waals surface area contributed by atoms with E-state index in [1.807, 2.05) is 28.8 Å². The molecule has 9 heteroatoms. The Morgan fingerprint density at radius 3 is 2.61 bits per heavy atom. The fourth-order valence-corrected chi connectivity index (χ4v) is 3.88. The molecule has 1 aromatic carbocycles. The SMILES string of the molecule is CC(C)c1cnc2ccc3cnc(Nc4ccc(N5CCNCC5)cc4F)nc3n12.Cl. The van der Waals surface area contributed by atoms with Crippen molar-refractivity contribution >= 4 is 46.4 Å². The van der Waals surface area contributed by atoms with Crippen molar-refractivity contribution in [3.8, 4) is 0 Å². The first-order chi connectivity index (χ1) is 14.6. The number of benzene rings is 1. The highest BCUT2D eigenvalue weighted by Crippen LogP contribution is 2.26. The Morgan fingerprint density at radius 2 is 1.87 bits per heavy atom. The normalized spacial score (nSPS) is 14.3. The Morgan fingerprint density at radius 1 is 1.06 bits per heavy atom. The maximum atomic E-state index is 14.8. The van der Waals surface area contributed by atoms with E-state index in [-0.39, 0.29) is 18.2 Å². The third-order valence-electron chi connectivity index (χ3n) is 5.51. The Hall–Kier alpha value is -2.97. The highest BCUT2D eigenvalue weighted by molar-refractivity contribution is 5.85. The molecule has 3 aromatic heterocycles. The highest BCUT2D eigenvalue weighted by atomic mass is 35.5. The average molecular weight is 442 g/mol. The minimum atomic E-state index is -0.321. The lowest BCUT2D eigenvalue weighted by Crippen LogP contribution is -2.43. The van der Waals surface area contributed by atoms with Gasteiger partial charge in [-0.1, -0.05) is 13.8 Å². The van der Waals surface area contributed by atoms with Crippen molar-refractivity contribution in [1.82, 2.24) is 24.7 Å². The van der Waals surface area contributed by atoms with Crippen molar-refractivity contribution in [1.29, 1.82) is 0 Å². The van der Waals surface area contributed by atoms with Crippen LogP contribution in [0.5, 0.6) is 0 Å². The molecule has 1 saturated heterocycles. The van der Waals surface area contributed by atoms with Crippen LogP contribution in [0.2, 0.25) is 0 Å². The lowest BCUT2D eigenvalue weighted by Gasteiger charge is -2.29. The number of nitrogens with one attached hydrogen (secondary N) is 2. The minimum absolute atomic E-state index is 0. The van der Waals surface area contributed by atoms with E-state index in [9.17, 15) is 4.39 Å². The van der Waals surface area contributed by atoms with E-state index >= 15 is 0 Å². The Bertz CT molecular complexity index is 1220. The number of aromatic nitrogens is 4. The molecule has 0 amide bonds. The zero-order valence-electron chi connectivity index (χ0n) is 17.5. The van der Waals surface area contributed by atoms with E-state index in [4.69, 9.17) is 0 Å². The fraction of sp³-hybridized carbons (Fsp3) is 0.318. The van der Waals surface area contributed by atoms with Crippen molar-refractivity contribution in [2.75, 3.05) is 36.4 Å². The summed E-state index contributed by atoms with van der Waals surface area (Å²) >= 11 is 0.